The van der Waals surface area contributed by atoms with Crippen molar-refractivity contribution in [3.63, 3.8) is 0 Å². The van der Waals surface area contributed by atoms with Crippen LogP contribution in [0, 0.1) is 0 Å². The Kier molecular flexibility index (Phi) is 8.25. The van der Waals surface area contributed by atoms with Crippen molar-refractivity contribution >= 4 is 40.8 Å². The minimum absolute atomic E-state index is 0. The van der Waals surface area contributed by atoms with E-state index in [1.807, 2.05) is 6.92 Å². The summed E-state index contributed by atoms with van der Waals surface area (Å²) in [6.45, 7) is 2.71. The Labute approximate surface area is 191 Å². The van der Waals surface area contributed by atoms with E-state index in [4.69, 9.17) is 4.74 Å². The van der Waals surface area contributed by atoms with Gasteiger partial charge in [-0.05, 0) is 60.4 Å². The molecule has 0 saturated heterocycles. The van der Waals surface area contributed by atoms with E-state index in [9.17, 15) is 0 Å². The molecule has 0 aromatic heterocycles. The quantitative estimate of drug-likeness (QED) is 0.296. The molecule has 4 aromatic carbocycles. The summed E-state index contributed by atoms with van der Waals surface area (Å²) in [7, 11) is -0.600. The highest BCUT2D eigenvalue weighted by atomic mass is 79.9. The van der Waals surface area contributed by atoms with Gasteiger partial charge in [0.25, 0.3) is 0 Å². The molecule has 152 valence electrons. The molecule has 30 heavy (non-hydrogen) atoms. The number of rotatable bonds is 7. The molecule has 0 radical (unpaired) electrons. The van der Waals surface area contributed by atoms with E-state index in [2.05, 4.69) is 109 Å². The summed E-state index contributed by atoms with van der Waals surface area (Å²) in [5, 5.41) is 4.19. The van der Waals surface area contributed by atoms with Crippen molar-refractivity contribution in [2.24, 2.45) is 0 Å². The number of ether oxygens (including phenoxy) is 1. The van der Waals surface area contributed by atoms with Gasteiger partial charge in [-0.15, -0.1) is 17.0 Å². The van der Waals surface area contributed by atoms with Gasteiger partial charge in [0.05, 0.1) is 6.61 Å². The maximum atomic E-state index is 5.59. The molecule has 4 rings (SSSR count). The highest BCUT2D eigenvalue weighted by Gasteiger charge is 2.19. The molecule has 3 heteroatoms. The van der Waals surface area contributed by atoms with E-state index in [1.54, 1.807) is 0 Å². The second-order valence-electron chi connectivity index (χ2n) is 6.89. The molecular formula is C27H26BrOP. The Hall–Kier alpha value is -2.41. The van der Waals surface area contributed by atoms with Crippen LogP contribution < -0.4 is 20.7 Å². The number of halogens is 1. The van der Waals surface area contributed by atoms with Gasteiger partial charge in [-0.2, -0.15) is 0 Å². The summed E-state index contributed by atoms with van der Waals surface area (Å²) in [4.78, 5) is 0. The molecule has 4 aromatic rings. The zero-order valence-corrected chi connectivity index (χ0v) is 19.7. The summed E-state index contributed by atoms with van der Waals surface area (Å²) < 4.78 is 5.59. The maximum absolute atomic E-state index is 5.59. The Balaban J connectivity index is 0.00000256. The van der Waals surface area contributed by atoms with Gasteiger partial charge < -0.3 is 4.74 Å². The van der Waals surface area contributed by atoms with Gasteiger partial charge in [-0.3, -0.25) is 0 Å². The summed E-state index contributed by atoms with van der Waals surface area (Å²) in [6.07, 6.45) is 0.918. The van der Waals surface area contributed by atoms with Gasteiger partial charge >= 0.3 is 0 Å². The molecule has 0 saturated carbocycles. The predicted molar refractivity (Wildman–Crippen MR) is 136 cm³/mol. The average Bonchev–Trinajstić information content (AvgIpc) is 2.78. The summed E-state index contributed by atoms with van der Waals surface area (Å²) in [5.41, 5.74) is 2.69. The fraction of sp³-hybridized carbons (Fsp3) is 0.111. The zero-order valence-electron chi connectivity index (χ0n) is 17.1. The van der Waals surface area contributed by atoms with Crippen LogP contribution in [0.15, 0.2) is 109 Å². The number of hydrogen-bond donors (Lipinski definition) is 0. The lowest BCUT2D eigenvalue weighted by molar-refractivity contribution is 0.340. The molecule has 0 fully saturated rings. The van der Waals surface area contributed by atoms with Gasteiger partial charge in [0.15, 0.2) is 0 Å². The molecule has 0 bridgehead atoms. The summed E-state index contributed by atoms with van der Waals surface area (Å²) in [5.74, 6) is 0.931. The third kappa shape index (κ3) is 5.39. The fourth-order valence-corrected chi connectivity index (χ4v) is 6.02. The molecule has 0 aliphatic rings. The van der Waals surface area contributed by atoms with Crippen LogP contribution in [0.4, 0.5) is 0 Å². The topological polar surface area (TPSA) is 9.23 Å². The van der Waals surface area contributed by atoms with E-state index in [0.29, 0.717) is 6.61 Å². The second kappa shape index (κ2) is 11.1. The number of hydrogen-bond acceptors (Lipinski definition) is 1. The highest BCUT2D eigenvalue weighted by molar-refractivity contribution is 8.93. The van der Waals surface area contributed by atoms with Crippen LogP contribution in [0.1, 0.15) is 18.1 Å². The van der Waals surface area contributed by atoms with E-state index >= 15 is 0 Å². The molecule has 0 amide bonds. The van der Waals surface area contributed by atoms with Crippen LogP contribution in [0.3, 0.4) is 0 Å². The summed E-state index contributed by atoms with van der Waals surface area (Å²) >= 11 is 0. The first-order valence-electron chi connectivity index (χ1n) is 10.0. The first-order valence-corrected chi connectivity index (χ1v) is 11.4. The second-order valence-corrected chi connectivity index (χ2v) is 9.07. The predicted octanol–water partition coefficient (Wildman–Crippen LogP) is 6.01. The lowest BCUT2D eigenvalue weighted by Crippen LogP contribution is -2.23. The van der Waals surface area contributed by atoms with E-state index in [-0.39, 0.29) is 17.0 Å². The van der Waals surface area contributed by atoms with Crippen molar-refractivity contribution in [3.8, 4) is 5.75 Å². The molecule has 0 N–H and O–H groups in total. The third-order valence-electron chi connectivity index (χ3n) is 4.89. The minimum atomic E-state index is -0.600. The van der Waals surface area contributed by atoms with Crippen molar-refractivity contribution in [3.05, 3.63) is 120 Å². The monoisotopic (exact) mass is 476 g/mol. The Morgan fingerprint density at radius 1 is 0.633 bits per heavy atom. The van der Waals surface area contributed by atoms with Crippen molar-refractivity contribution in [2.45, 2.75) is 13.3 Å². The SMILES string of the molecule is Br.CCOc1ccc(Cc2ccccc2P(c2ccccc2)c2ccccc2)cc1. The standard InChI is InChI=1S/C27H25OP.BrH/c1-2-28-24-19-17-22(18-20-24)21-23-11-9-10-16-27(23)29(25-12-5-3-6-13-25)26-14-7-4-8-15-26;/h3-20H,2,21H2,1H3;1H. The Bertz CT molecular complexity index is 994. The lowest BCUT2D eigenvalue weighted by Gasteiger charge is -2.22. The van der Waals surface area contributed by atoms with Gasteiger partial charge in [-0.1, -0.05) is 97.1 Å². The van der Waals surface area contributed by atoms with Crippen LogP contribution >= 0.6 is 24.9 Å². The normalized spacial score (nSPS) is 10.5. The minimum Gasteiger partial charge on any atom is -0.494 e. The van der Waals surface area contributed by atoms with Gasteiger partial charge in [0, 0.05) is 0 Å². The molecule has 1 nitrogen and oxygen atoms in total. The molecule has 0 atom stereocenters. The molecule has 0 aliphatic heterocycles. The van der Waals surface area contributed by atoms with E-state index < -0.39 is 7.92 Å². The van der Waals surface area contributed by atoms with Crippen molar-refractivity contribution in [2.75, 3.05) is 6.61 Å². The lowest BCUT2D eigenvalue weighted by atomic mass is 10.0. The van der Waals surface area contributed by atoms with Gasteiger partial charge in [0.2, 0.25) is 0 Å². The maximum Gasteiger partial charge on any atom is 0.119 e. The van der Waals surface area contributed by atoms with Crippen LogP contribution in [0.25, 0.3) is 0 Å². The van der Waals surface area contributed by atoms with E-state index in [0.717, 1.165) is 12.2 Å². The van der Waals surface area contributed by atoms with Crippen molar-refractivity contribution in [1.29, 1.82) is 0 Å². The largest absolute Gasteiger partial charge is 0.494 e. The molecule has 0 aliphatic carbocycles. The van der Waals surface area contributed by atoms with Gasteiger partial charge in [0.1, 0.15) is 5.75 Å². The smallest absolute Gasteiger partial charge is 0.119 e. The first kappa shape index (κ1) is 22.3. The molecule has 0 unspecified atom stereocenters. The molecule has 0 heterocycles. The zero-order chi connectivity index (χ0) is 19.9. The Morgan fingerprint density at radius 2 is 1.17 bits per heavy atom. The van der Waals surface area contributed by atoms with Crippen LogP contribution in [-0.4, -0.2) is 6.61 Å². The average molecular weight is 477 g/mol. The molecule has 0 spiro atoms. The van der Waals surface area contributed by atoms with Crippen molar-refractivity contribution < 1.29 is 4.74 Å². The van der Waals surface area contributed by atoms with E-state index in [1.165, 1.54) is 27.0 Å². The van der Waals surface area contributed by atoms with Gasteiger partial charge in [-0.25, -0.2) is 0 Å². The first-order chi connectivity index (χ1) is 14.3. The summed E-state index contributed by atoms with van der Waals surface area (Å²) in [6, 6.07) is 39.1. The third-order valence-corrected chi connectivity index (χ3v) is 7.44. The van der Waals surface area contributed by atoms with Crippen LogP contribution in [0.5, 0.6) is 5.75 Å². The van der Waals surface area contributed by atoms with Crippen LogP contribution in [0.2, 0.25) is 0 Å². The fourth-order valence-electron chi connectivity index (χ4n) is 3.55. The number of benzene rings is 4. The molecular weight excluding hydrogens is 451 g/mol. The van der Waals surface area contributed by atoms with Crippen molar-refractivity contribution in [1.82, 2.24) is 0 Å². The Morgan fingerprint density at radius 3 is 1.73 bits per heavy atom. The highest BCUT2D eigenvalue weighted by Crippen LogP contribution is 2.34. The van der Waals surface area contributed by atoms with Crippen LogP contribution in [-0.2, 0) is 6.42 Å².